The molecule has 4 heteroatoms. The van der Waals surface area contributed by atoms with Gasteiger partial charge in [0.15, 0.2) is 5.69 Å². The van der Waals surface area contributed by atoms with E-state index in [2.05, 4.69) is 5.10 Å². The summed E-state index contributed by atoms with van der Waals surface area (Å²) in [5.74, 6) is -0.258. The molecule has 2 aromatic rings. The highest BCUT2D eigenvalue weighted by molar-refractivity contribution is 5.20. The molecule has 0 saturated carbocycles. The van der Waals surface area contributed by atoms with Gasteiger partial charge in [0, 0.05) is 11.8 Å². The highest BCUT2D eigenvalue weighted by atomic mass is 19.1. The first-order valence-corrected chi connectivity index (χ1v) is 4.46. The summed E-state index contributed by atoms with van der Waals surface area (Å²) in [6, 6.07) is 10.0. The Labute approximate surface area is 86.4 Å². The molecule has 0 radical (unpaired) electrons. The van der Waals surface area contributed by atoms with E-state index < -0.39 is 0 Å². The third kappa shape index (κ3) is 2.02. The lowest BCUT2D eigenvalue weighted by atomic mass is 10.2. The second-order valence-corrected chi connectivity index (χ2v) is 3.10. The fourth-order valence-corrected chi connectivity index (χ4v) is 1.31. The van der Waals surface area contributed by atoms with Crippen molar-refractivity contribution in [2.24, 2.45) is 0 Å². The molecule has 0 aliphatic rings. The van der Waals surface area contributed by atoms with Crippen LogP contribution in [-0.4, -0.2) is 9.78 Å². The highest BCUT2D eigenvalue weighted by Gasteiger charge is 2.02. The van der Waals surface area contributed by atoms with Crippen LogP contribution >= 0.6 is 0 Å². The number of hydrogen-bond donors (Lipinski definition) is 0. The Balaban J connectivity index is 2.23. The maximum Gasteiger partial charge on any atom is 0.162 e. The Morgan fingerprint density at radius 3 is 2.80 bits per heavy atom. The molecule has 0 atom stereocenters. The van der Waals surface area contributed by atoms with Crippen LogP contribution in [0.4, 0.5) is 4.39 Å². The lowest BCUT2D eigenvalue weighted by Gasteiger charge is -2.02. The van der Waals surface area contributed by atoms with E-state index in [1.165, 1.54) is 10.7 Å². The molecule has 1 aromatic carbocycles. The number of benzene rings is 1. The summed E-state index contributed by atoms with van der Waals surface area (Å²) >= 11 is 0. The number of nitriles is 1. The van der Waals surface area contributed by atoms with Crippen molar-refractivity contribution in [1.82, 2.24) is 9.78 Å². The zero-order valence-electron chi connectivity index (χ0n) is 7.89. The molecule has 1 aromatic heterocycles. The summed E-state index contributed by atoms with van der Waals surface area (Å²) in [4.78, 5) is 0. The van der Waals surface area contributed by atoms with Gasteiger partial charge >= 0.3 is 0 Å². The molecule has 0 saturated heterocycles. The Hall–Kier alpha value is -2.15. The largest absolute Gasteiger partial charge is 0.267 e. The van der Waals surface area contributed by atoms with Crippen LogP contribution in [0.25, 0.3) is 0 Å². The first kappa shape index (κ1) is 9.41. The predicted octanol–water partition coefficient (Wildman–Crippen LogP) is 1.94. The minimum atomic E-state index is -0.258. The molecule has 0 amide bonds. The number of halogens is 1. The van der Waals surface area contributed by atoms with Gasteiger partial charge < -0.3 is 0 Å². The quantitative estimate of drug-likeness (QED) is 0.745. The maximum absolute atomic E-state index is 13.3. The molecular formula is C11H8FN3. The van der Waals surface area contributed by atoms with Crippen molar-refractivity contribution in [2.75, 3.05) is 0 Å². The van der Waals surface area contributed by atoms with Crippen LogP contribution in [0, 0.1) is 17.1 Å². The molecule has 15 heavy (non-hydrogen) atoms. The molecule has 0 unspecified atom stereocenters. The monoisotopic (exact) mass is 201 g/mol. The van der Waals surface area contributed by atoms with Crippen LogP contribution in [-0.2, 0) is 6.54 Å². The van der Waals surface area contributed by atoms with Gasteiger partial charge in [-0.15, -0.1) is 0 Å². The molecule has 0 aliphatic carbocycles. The Morgan fingerprint density at radius 2 is 2.13 bits per heavy atom. The Bertz CT molecular complexity index is 511. The Morgan fingerprint density at radius 1 is 1.33 bits per heavy atom. The van der Waals surface area contributed by atoms with Gasteiger partial charge in [-0.2, -0.15) is 10.4 Å². The van der Waals surface area contributed by atoms with Crippen LogP contribution in [0.2, 0.25) is 0 Å². The fraction of sp³-hybridized carbons (Fsp3) is 0.0909. The van der Waals surface area contributed by atoms with E-state index in [1.807, 2.05) is 6.07 Å². The second-order valence-electron chi connectivity index (χ2n) is 3.10. The van der Waals surface area contributed by atoms with E-state index in [4.69, 9.17) is 5.26 Å². The van der Waals surface area contributed by atoms with Crippen molar-refractivity contribution in [3.05, 3.63) is 53.6 Å². The highest BCUT2D eigenvalue weighted by Crippen LogP contribution is 2.08. The smallest absolute Gasteiger partial charge is 0.162 e. The third-order valence-corrected chi connectivity index (χ3v) is 2.05. The molecule has 0 fully saturated rings. The van der Waals surface area contributed by atoms with Crippen LogP contribution < -0.4 is 0 Å². The minimum absolute atomic E-state index is 0.258. The Kier molecular flexibility index (Phi) is 2.46. The van der Waals surface area contributed by atoms with Crippen molar-refractivity contribution in [3.8, 4) is 6.07 Å². The van der Waals surface area contributed by atoms with Gasteiger partial charge in [0.05, 0.1) is 6.54 Å². The molecule has 0 N–H and O–H groups in total. The third-order valence-electron chi connectivity index (χ3n) is 2.05. The maximum atomic E-state index is 13.3. The average molecular weight is 201 g/mol. The fourth-order valence-electron chi connectivity index (χ4n) is 1.31. The number of hydrogen-bond acceptors (Lipinski definition) is 2. The lowest BCUT2D eigenvalue weighted by molar-refractivity contribution is 0.584. The normalized spacial score (nSPS) is 9.87. The van der Waals surface area contributed by atoms with Crippen molar-refractivity contribution in [3.63, 3.8) is 0 Å². The summed E-state index contributed by atoms with van der Waals surface area (Å²) in [5, 5.41) is 12.5. The van der Waals surface area contributed by atoms with Crippen molar-refractivity contribution in [1.29, 1.82) is 5.26 Å². The van der Waals surface area contributed by atoms with Gasteiger partial charge in [-0.1, -0.05) is 18.2 Å². The van der Waals surface area contributed by atoms with E-state index in [9.17, 15) is 4.39 Å². The van der Waals surface area contributed by atoms with Gasteiger partial charge in [0.1, 0.15) is 11.9 Å². The molecule has 74 valence electrons. The van der Waals surface area contributed by atoms with Gasteiger partial charge in [-0.3, -0.25) is 4.68 Å². The van der Waals surface area contributed by atoms with Gasteiger partial charge in [-0.05, 0) is 12.1 Å². The molecular weight excluding hydrogens is 193 g/mol. The number of aromatic nitrogens is 2. The van der Waals surface area contributed by atoms with E-state index in [-0.39, 0.29) is 5.82 Å². The van der Waals surface area contributed by atoms with E-state index >= 15 is 0 Å². The van der Waals surface area contributed by atoms with E-state index in [1.54, 1.807) is 30.5 Å². The summed E-state index contributed by atoms with van der Waals surface area (Å²) < 4.78 is 14.8. The summed E-state index contributed by atoms with van der Waals surface area (Å²) in [6.07, 6.45) is 1.66. The van der Waals surface area contributed by atoms with Crippen LogP contribution in [0.5, 0.6) is 0 Å². The minimum Gasteiger partial charge on any atom is -0.267 e. The zero-order chi connectivity index (χ0) is 10.7. The van der Waals surface area contributed by atoms with Crippen molar-refractivity contribution in [2.45, 2.75) is 6.54 Å². The summed E-state index contributed by atoms with van der Waals surface area (Å²) in [7, 11) is 0. The topological polar surface area (TPSA) is 41.6 Å². The molecule has 0 spiro atoms. The van der Waals surface area contributed by atoms with E-state index in [0.717, 1.165) is 0 Å². The number of rotatable bonds is 2. The molecule has 1 heterocycles. The first-order valence-electron chi connectivity index (χ1n) is 4.46. The van der Waals surface area contributed by atoms with Gasteiger partial charge in [-0.25, -0.2) is 4.39 Å². The SMILES string of the molecule is N#Cc1ccn(Cc2ccccc2F)n1. The second kappa shape index (κ2) is 3.93. The van der Waals surface area contributed by atoms with Crippen molar-refractivity contribution < 1.29 is 4.39 Å². The molecule has 2 rings (SSSR count). The van der Waals surface area contributed by atoms with Gasteiger partial charge in [0.2, 0.25) is 0 Å². The number of nitrogens with zero attached hydrogens (tertiary/aromatic N) is 3. The molecule has 0 bridgehead atoms. The van der Waals surface area contributed by atoms with Crippen LogP contribution in [0.15, 0.2) is 36.5 Å². The van der Waals surface area contributed by atoms with Crippen molar-refractivity contribution >= 4 is 0 Å². The standard InChI is InChI=1S/C11H8FN3/c12-11-4-2-1-3-9(11)8-15-6-5-10(7-13)14-15/h1-6H,8H2. The molecule has 0 aliphatic heterocycles. The predicted molar refractivity (Wildman–Crippen MR) is 52.4 cm³/mol. The van der Waals surface area contributed by atoms with Crippen LogP contribution in [0.3, 0.4) is 0 Å². The summed E-state index contributed by atoms with van der Waals surface area (Å²) in [6.45, 7) is 0.342. The first-order chi connectivity index (χ1) is 7.29. The zero-order valence-corrected chi connectivity index (χ0v) is 7.89. The van der Waals surface area contributed by atoms with E-state index in [0.29, 0.717) is 17.8 Å². The summed E-state index contributed by atoms with van der Waals surface area (Å²) in [5.41, 5.74) is 0.899. The van der Waals surface area contributed by atoms with Gasteiger partial charge in [0.25, 0.3) is 0 Å². The van der Waals surface area contributed by atoms with Crippen LogP contribution in [0.1, 0.15) is 11.3 Å². The lowest BCUT2D eigenvalue weighted by Crippen LogP contribution is -2.02. The molecule has 3 nitrogen and oxygen atoms in total. The average Bonchev–Trinajstić information content (AvgIpc) is 2.69.